The third-order valence-corrected chi connectivity index (χ3v) is 6.31. The molecule has 2 amide bonds. The van der Waals surface area contributed by atoms with E-state index in [0.29, 0.717) is 25.3 Å². The van der Waals surface area contributed by atoms with Gasteiger partial charge in [0.15, 0.2) is 0 Å². The molecule has 0 unspecified atom stereocenters. The van der Waals surface area contributed by atoms with E-state index in [0.717, 1.165) is 24.8 Å². The minimum Gasteiger partial charge on any atom is -0.467 e. The van der Waals surface area contributed by atoms with E-state index in [-0.39, 0.29) is 30.2 Å². The molecular formula is C29H43FN2O3. The van der Waals surface area contributed by atoms with Gasteiger partial charge in [0, 0.05) is 19.0 Å². The maximum absolute atomic E-state index is 13.3. The van der Waals surface area contributed by atoms with Crippen molar-refractivity contribution in [2.75, 3.05) is 6.54 Å². The Labute approximate surface area is 210 Å². The number of hydrogen-bond donors (Lipinski definition) is 0. The van der Waals surface area contributed by atoms with Crippen LogP contribution in [0.1, 0.15) is 96.3 Å². The van der Waals surface area contributed by atoms with E-state index in [2.05, 4.69) is 6.92 Å². The SMILES string of the molecule is CCCCCCCCCCCC(=O)N(CC(=O)N(Cc1ccc(F)cc1)Cc1ccco1)C(C)C. The summed E-state index contributed by atoms with van der Waals surface area (Å²) in [6, 6.07) is 9.66. The van der Waals surface area contributed by atoms with Gasteiger partial charge in [-0.05, 0) is 50.1 Å². The summed E-state index contributed by atoms with van der Waals surface area (Å²) in [5.41, 5.74) is 0.823. The van der Waals surface area contributed by atoms with Crippen LogP contribution in [-0.4, -0.2) is 34.2 Å². The van der Waals surface area contributed by atoms with Gasteiger partial charge in [-0.15, -0.1) is 0 Å². The van der Waals surface area contributed by atoms with E-state index < -0.39 is 0 Å². The summed E-state index contributed by atoms with van der Waals surface area (Å²) in [5, 5.41) is 0. The summed E-state index contributed by atoms with van der Waals surface area (Å²) in [6.45, 7) is 6.75. The molecule has 1 aromatic carbocycles. The lowest BCUT2D eigenvalue weighted by Gasteiger charge is -2.30. The number of nitrogens with zero attached hydrogens (tertiary/aromatic N) is 2. The second kappa shape index (κ2) is 16.1. The minimum absolute atomic E-state index is 0.0236. The number of furan rings is 1. The van der Waals surface area contributed by atoms with Crippen LogP contribution in [0, 0.1) is 5.82 Å². The van der Waals surface area contributed by atoms with Crippen LogP contribution in [0.5, 0.6) is 0 Å². The van der Waals surface area contributed by atoms with Crippen LogP contribution >= 0.6 is 0 Å². The van der Waals surface area contributed by atoms with Gasteiger partial charge < -0.3 is 14.2 Å². The Morgan fingerprint density at radius 3 is 2.06 bits per heavy atom. The van der Waals surface area contributed by atoms with Gasteiger partial charge in [-0.3, -0.25) is 9.59 Å². The summed E-state index contributed by atoms with van der Waals surface area (Å²) in [7, 11) is 0. The first-order valence-electron chi connectivity index (χ1n) is 13.2. The van der Waals surface area contributed by atoms with Crippen molar-refractivity contribution in [1.29, 1.82) is 0 Å². The largest absolute Gasteiger partial charge is 0.467 e. The van der Waals surface area contributed by atoms with E-state index in [1.54, 1.807) is 34.3 Å². The highest BCUT2D eigenvalue weighted by Crippen LogP contribution is 2.15. The lowest BCUT2D eigenvalue weighted by Crippen LogP contribution is -2.45. The zero-order valence-electron chi connectivity index (χ0n) is 21.8. The van der Waals surface area contributed by atoms with E-state index in [1.807, 2.05) is 19.9 Å². The standard InChI is InChI=1S/C29H43FN2O3/c1-4-5-6-7-8-9-10-11-12-15-28(33)32(24(2)3)23-29(34)31(22-27-14-13-20-35-27)21-25-16-18-26(30)19-17-25/h13-14,16-20,24H,4-12,15,21-23H2,1-3H3. The average Bonchev–Trinajstić information content (AvgIpc) is 3.35. The van der Waals surface area contributed by atoms with E-state index in [1.165, 1.54) is 50.7 Å². The molecule has 0 saturated carbocycles. The van der Waals surface area contributed by atoms with Gasteiger partial charge in [0.25, 0.3) is 0 Å². The van der Waals surface area contributed by atoms with Crippen molar-refractivity contribution in [3.63, 3.8) is 0 Å². The van der Waals surface area contributed by atoms with Gasteiger partial charge in [-0.2, -0.15) is 0 Å². The van der Waals surface area contributed by atoms with Crippen molar-refractivity contribution in [2.45, 2.75) is 104 Å². The molecular weight excluding hydrogens is 443 g/mol. The fourth-order valence-electron chi connectivity index (χ4n) is 4.17. The van der Waals surface area contributed by atoms with Crippen molar-refractivity contribution >= 4 is 11.8 Å². The predicted octanol–water partition coefficient (Wildman–Crippen LogP) is 7.11. The molecule has 1 heterocycles. The van der Waals surface area contributed by atoms with Crippen LogP contribution in [0.25, 0.3) is 0 Å². The number of halogens is 1. The van der Waals surface area contributed by atoms with Crippen molar-refractivity contribution in [3.8, 4) is 0 Å². The molecule has 0 fully saturated rings. The van der Waals surface area contributed by atoms with Crippen LogP contribution in [0.2, 0.25) is 0 Å². The van der Waals surface area contributed by atoms with Crippen LogP contribution in [-0.2, 0) is 22.7 Å². The van der Waals surface area contributed by atoms with Gasteiger partial charge in [0.1, 0.15) is 11.6 Å². The van der Waals surface area contributed by atoms with E-state index in [9.17, 15) is 14.0 Å². The topological polar surface area (TPSA) is 53.8 Å². The highest BCUT2D eigenvalue weighted by atomic mass is 19.1. The maximum Gasteiger partial charge on any atom is 0.242 e. The van der Waals surface area contributed by atoms with Crippen LogP contribution in [0.3, 0.4) is 0 Å². The molecule has 2 rings (SSSR count). The monoisotopic (exact) mass is 486 g/mol. The maximum atomic E-state index is 13.3. The molecule has 0 aliphatic rings. The third kappa shape index (κ3) is 11.1. The van der Waals surface area contributed by atoms with Gasteiger partial charge in [0.2, 0.25) is 11.8 Å². The number of benzene rings is 1. The molecule has 0 atom stereocenters. The predicted molar refractivity (Wildman–Crippen MR) is 138 cm³/mol. The lowest BCUT2D eigenvalue weighted by molar-refractivity contribution is -0.143. The average molecular weight is 487 g/mol. The Morgan fingerprint density at radius 1 is 0.857 bits per heavy atom. The van der Waals surface area contributed by atoms with Crippen LogP contribution in [0.4, 0.5) is 4.39 Å². The molecule has 1 aromatic heterocycles. The Kier molecular flexibility index (Phi) is 13.2. The Hall–Kier alpha value is -2.63. The van der Waals surface area contributed by atoms with Crippen LogP contribution in [0.15, 0.2) is 47.1 Å². The molecule has 35 heavy (non-hydrogen) atoms. The van der Waals surface area contributed by atoms with Crippen molar-refractivity contribution < 1.29 is 18.4 Å². The number of carbonyl (C=O) groups excluding carboxylic acids is 2. The Morgan fingerprint density at radius 2 is 1.49 bits per heavy atom. The molecule has 2 aromatic rings. The number of amides is 2. The number of hydrogen-bond acceptors (Lipinski definition) is 3. The van der Waals surface area contributed by atoms with Crippen molar-refractivity contribution in [1.82, 2.24) is 9.80 Å². The van der Waals surface area contributed by atoms with E-state index >= 15 is 0 Å². The molecule has 0 N–H and O–H groups in total. The van der Waals surface area contributed by atoms with Crippen LogP contribution < -0.4 is 0 Å². The second-order valence-corrected chi connectivity index (χ2v) is 9.65. The smallest absolute Gasteiger partial charge is 0.242 e. The molecule has 0 aliphatic heterocycles. The molecule has 0 radical (unpaired) electrons. The molecule has 0 spiro atoms. The third-order valence-electron chi connectivity index (χ3n) is 6.31. The summed E-state index contributed by atoms with van der Waals surface area (Å²) in [6.07, 6.45) is 12.8. The highest BCUT2D eigenvalue weighted by molar-refractivity contribution is 5.85. The Bertz CT molecular complexity index is 849. The van der Waals surface area contributed by atoms with E-state index in [4.69, 9.17) is 4.42 Å². The molecule has 6 heteroatoms. The zero-order chi connectivity index (χ0) is 25.5. The summed E-state index contributed by atoms with van der Waals surface area (Å²) in [5.74, 6) is 0.221. The van der Waals surface area contributed by atoms with Crippen molar-refractivity contribution in [2.24, 2.45) is 0 Å². The summed E-state index contributed by atoms with van der Waals surface area (Å²) >= 11 is 0. The minimum atomic E-state index is -0.314. The quantitative estimate of drug-likeness (QED) is 0.224. The molecule has 0 bridgehead atoms. The van der Waals surface area contributed by atoms with Gasteiger partial charge >= 0.3 is 0 Å². The Balaban J connectivity index is 1.88. The lowest BCUT2D eigenvalue weighted by atomic mass is 10.1. The van der Waals surface area contributed by atoms with Gasteiger partial charge in [-0.25, -0.2) is 4.39 Å². The number of unbranched alkanes of at least 4 members (excludes halogenated alkanes) is 8. The number of rotatable bonds is 17. The van der Waals surface area contributed by atoms with Crippen molar-refractivity contribution in [3.05, 3.63) is 59.8 Å². The first kappa shape index (κ1) is 28.6. The number of carbonyl (C=O) groups is 2. The van der Waals surface area contributed by atoms with Gasteiger partial charge in [0.05, 0.1) is 19.4 Å². The molecule has 0 aliphatic carbocycles. The van der Waals surface area contributed by atoms with Gasteiger partial charge in [-0.1, -0.05) is 70.4 Å². The molecule has 0 saturated heterocycles. The molecule has 194 valence electrons. The zero-order valence-corrected chi connectivity index (χ0v) is 21.8. The second-order valence-electron chi connectivity index (χ2n) is 9.65. The first-order chi connectivity index (χ1) is 16.9. The highest BCUT2D eigenvalue weighted by Gasteiger charge is 2.24. The summed E-state index contributed by atoms with van der Waals surface area (Å²) in [4.78, 5) is 29.6. The summed E-state index contributed by atoms with van der Waals surface area (Å²) < 4.78 is 18.8. The fraction of sp³-hybridized carbons (Fsp3) is 0.586. The first-order valence-corrected chi connectivity index (χ1v) is 13.2. The normalized spacial score (nSPS) is 11.1. The fourth-order valence-corrected chi connectivity index (χ4v) is 4.17. The molecule has 5 nitrogen and oxygen atoms in total.